The molecular weight excluding hydrogens is 407 g/mol. The molecule has 1 aromatic carbocycles. The predicted molar refractivity (Wildman–Crippen MR) is 111 cm³/mol. The molecule has 0 aliphatic heterocycles. The van der Waals surface area contributed by atoms with Crippen molar-refractivity contribution in [2.75, 3.05) is 38.1 Å². The number of ether oxygens (including phenoxy) is 2. The molecule has 2 N–H and O–H groups in total. The summed E-state index contributed by atoms with van der Waals surface area (Å²) in [5.74, 6) is -1.63. The molecule has 0 aliphatic carbocycles. The van der Waals surface area contributed by atoms with Gasteiger partial charge in [-0.05, 0) is 30.3 Å². The molecule has 31 heavy (non-hydrogen) atoms. The number of nitrogens with one attached hydrogen (secondary N) is 2. The van der Waals surface area contributed by atoms with Gasteiger partial charge in [0.05, 0.1) is 26.3 Å². The van der Waals surface area contributed by atoms with Crippen LogP contribution in [-0.2, 0) is 22.6 Å². The van der Waals surface area contributed by atoms with E-state index in [9.17, 15) is 14.0 Å². The monoisotopic (exact) mass is 430 g/mol. The highest BCUT2D eigenvalue weighted by Gasteiger charge is 2.14. The molecule has 0 spiro atoms. The number of hydrogen-bond donors (Lipinski definition) is 2. The van der Waals surface area contributed by atoms with Crippen LogP contribution in [0.15, 0.2) is 42.7 Å². The SMILES string of the molecule is COCCn1ccc(C(=O)Nc2cc(F)cc(NC(=O)c3ccn(CCOC)n3)c2)n1. The van der Waals surface area contributed by atoms with Crippen molar-refractivity contribution in [1.29, 1.82) is 0 Å². The Hall–Kier alpha value is -3.57. The van der Waals surface area contributed by atoms with E-state index in [1.807, 2.05) is 0 Å². The minimum absolute atomic E-state index is 0.174. The number of carbonyl (C=O) groups is 2. The zero-order valence-corrected chi connectivity index (χ0v) is 17.2. The average molecular weight is 430 g/mol. The molecule has 2 amide bonds. The number of methoxy groups -OCH3 is 2. The molecular formula is C20H23FN6O4. The Morgan fingerprint density at radius 2 is 1.32 bits per heavy atom. The average Bonchev–Trinajstić information content (AvgIpc) is 3.40. The first-order valence-corrected chi connectivity index (χ1v) is 9.46. The van der Waals surface area contributed by atoms with Gasteiger partial charge in [0, 0.05) is 38.0 Å². The largest absolute Gasteiger partial charge is 0.383 e. The molecule has 3 rings (SSSR count). The summed E-state index contributed by atoms with van der Waals surface area (Å²) in [6.45, 7) is 1.92. The maximum absolute atomic E-state index is 14.1. The van der Waals surface area contributed by atoms with Gasteiger partial charge in [-0.15, -0.1) is 0 Å². The van der Waals surface area contributed by atoms with E-state index < -0.39 is 17.6 Å². The van der Waals surface area contributed by atoms with Gasteiger partial charge in [-0.1, -0.05) is 0 Å². The molecule has 0 radical (unpaired) electrons. The number of hydrogen-bond acceptors (Lipinski definition) is 6. The van der Waals surface area contributed by atoms with Crippen molar-refractivity contribution in [3.8, 4) is 0 Å². The molecule has 0 aliphatic rings. The summed E-state index contributed by atoms with van der Waals surface area (Å²) >= 11 is 0. The van der Waals surface area contributed by atoms with E-state index >= 15 is 0 Å². The smallest absolute Gasteiger partial charge is 0.276 e. The highest BCUT2D eigenvalue weighted by molar-refractivity contribution is 6.05. The maximum atomic E-state index is 14.1. The first-order chi connectivity index (χ1) is 15.0. The zero-order valence-electron chi connectivity index (χ0n) is 17.2. The maximum Gasteiger partial charge on any atom is 0.276 e. The van der Waals surface area contributed by atoms with Gasteiger partial charge in [-0.2, -0.15) is 10.2 Å². The summed E-state index contributed by atoms with van der Waals surface area (Å²) in [5.41, 5.74) is 0.704. The van der Waals surface area contributed by atoms with E-state index in [1.165, 1.54) is 6.07 Å². The van der Waals surface area contributed by atoms with Crippen LogP contribution in [0.5, 0.6) is 0 Å². The van der Waals surface area contributed by atoms with Crippen molar-refractivity contribution < 1.29 is 23.5 Å². The quantitative estimate of drug-likeness (QED) is 0.509. The lowest BCUT2D eigenvalue weighted by Gasteiger charge is -2.08. The minimum Gasteiger partial charge on any atom is -0.383 e. The molecule has 0 atom stereocenters. The molecule has 0 fully saturated rings. The van der Waals surface area contributed by atoms with Crippen molar-refractivity contribution in [1.82, 2.24) is 19.6 Å². The third-order valence-electron chi connectivity index (χ3n) is 4.21. The van der Waals surface area contributed by atoms with E-state index in [2.05, 4.69) is 20.8 Å². The molecule has 0 saturated heterocycles. The van der Waals surface area contributed by atoms with Gasteiger partial charge in [0.2, 0.25) is 0 Å². The lowest BCUT2D eigenvalue weighted by atomic mass is 10.2. The summed E-state index contributed by atoms with van der Waals surface area (Å²) in [6.07, 6.45) is 3.30. The molecule has 2 heterocycles. The van der Waals surface area contributed by atoms with Crippen LogP contribution in [0.2, 0.25) is 0 Å². The number of benzene rings is 1. The van der Waals surface area contributed by atoms with E-state index in [-0.39, 0.29) is 22.8 Å². The third kappa shape index (κ3) is 6.20. The molecule has 10 nitrogen and oxygen atoms in total. The summed E-state index contributed by atoms with van der Waals surface area (Å²) in [5, 5.41) is 13.4. The Morgan fingerprint density at radius 3 is 1.74 bits per heavy atom. The van der Waals surface area contributed by atoms with Crippen LogP contribution >= 0.6 is 0 Å². The third-order valence-corrected chi connectivity index (χ3v) is 4.21. The summed E-state index contributed by atoms with van der Waals surface area (Å²) in [6, 6.07) is 6.84. The second kappa shape index (κ2) is 10.5. The van der Waals surface area contributed by atoms with Crippen LogP contribution in [-0.4, -0.2) is 58.8 Å². The zero-order chi connectivity index (χ0) is 22.2. The normalized spacial score (nSPS) is 10.8. The molecule has 0 bridgehead atoms. The van der Waals surface area contributed by atoms with Gasteiger partial charge in [0.15, 0.2) is 11.4 Å². The Balaban J connectivity index is 1.65. The van der Waals surface area contributed by atoms with Crippen molar-refractivity contribution in [2.45, 2.75) is 13.1 Å². The van der Waals surface area contributed by atoms with Crippen LogP contribution in [0.1, 0.15) is 21.0 Å². The molecule has 3 aromatic rings. The lowest BCUT2D eigenvalue weighted by Crippen LogP contribution is -2.16. The highest BCUT2D eigenvalue weighted by atomic mass is 19.1. The van der Waals surface area contributed by atoms with E-state index in [0.717, 1.165) is 12.1 Å². The van der Waals surface area contributed by atoms with Crippen LogP contribution in [0.3, 0.4) is 0 Å². The number of halogens is 1. The Bertz CT molecular complexity index is 969. The van der Waals surface area contributed by atoms with Crippen LogP contribution in [0, 0.1) is 5.82 Å². The molecule has 164 valence electrons. The molecule has 0 saturated carbocycles. The minimum atomic E-state index is -0.621. The van der Waals surface area contributed by atoms with Crippen molar-refractivity contribution >= 4 is 23.2 Å². The van der Waals surface area contributed by atoms with Gasteiger partial charge in [0.25, 0.3) is 11.8 Å². The Labute approximate surface area is 177 Å². The Morgan fingerprint density at radius 1 is 0.871 bits per heavy atom. The fourth-order valence-corrected chi connectivity index (χ4v) is 2.71. The van der Waals surface area contributed by atoms with E-state index in [1.54, 1.807) is 48.1 Å². The molecule has 11 heteroatoms. The van der Waals surface area contributed by atoms with E-state index in [0.29, 0.717) is 26.3 Å². The van der Waals surface area contributed by atoms with Gasteiger partial charge >= 0.3 is 0 Å². The highest BCUT2D eigenvalue weighted by Crippen LogP contribution is 2.19. The summed E-state index contributed by atoms with van der Waals surface area (Å²) < 4.78 is 27.1. The number of amides is 2. The van der Waals surface area contributed by atoms with Crippen LogP contribution < -0.4 is 10.6 Å². The first kappa shape index (κ1) is 22.1. The fourth-order valence-electron chi connectivity index (χ4n) is 2.71. The van der Waals surface area contributed by atoms with Gasteiger partial charge in [-0.25, -0.2) is 4.39 Å². The number of aromatic nitrogens is 4. The standard InChI is InChI=1S/C20H23FN6O4/c1-30-9-7-26-5-3-17(24-26)19(28)22-15-11-14(21)12-16(13-15)23-20(29)18-4-6-27(25-18)8-10-31-2/h3-6,11-13H,7-10H2,1-2H3,(H,22,28)(H,23,29). The summed E-state index contributed by atoms with van der Waals surface area (Å²) in [4.78, 5) is 24.8. The lowest BCUT2D eigenvalue weighted by molar-refractivity contribution is 0.101. The van der Waals surface area contributed by atoms with Gasteiger partial charge in [-0.3, -0.25) is 19.0 Å². The fraction of sp³-hybridized carbons (Fsp3) is 0.300. The van der Waals surface area contributed by atoms with Gasteiger partial charge in [0.1, 0.15) is 5.82 Å². The predicted octanol–water partition coefficient (Wildman–Crippen LogP) is 2.02. The van der Waals surface area contributed by atoms with Gasteiger partial charge < -0.3 is 20.1 Å². The number of anilines is 2. The van der Waals surface area contributed by atoms with Crippen molar-refractivity contribution in [3.63, 3.8) is 0 Å². The second-order valence-corrected chi connectivity index (χ2v) is 6.55. The molecule has 0 unspecified atom stereocenters. The Kier molecular flexibility index (Phi) is 7.46. The number of carbonyl (C=O) groups excluding carboxylic acids is 2. The van der Waals surface area contributed by atoms with Crippen LogP contribution in [0.25, 0.3) is 0 Å². The molecule has 2 aromatic heterocycles. The summed E-state index contributed by atoms with van der Waals surface area (Å²) in [7, 11) is 3.15. The first-order valence-electron chi connectivity index (χ1n) is 9.46. The van der Waals surface area contributed by atoms with Crippen LogP contribution in [0.4, 0.5) is 15.8 Å². The topological polar surface area (TPSA) is 112 Å². The second-order valence-electron chi connectivity index (χ2n) is 6.55. The van der Waals surface area contributed by atoms with Crippen molar-refractivity contribution in [2.24, 2.45) is 0 Å². The van der Waals surface area contributed by atoms with E-state index in [4.69, 9.17) is 9.47 Å². The number of rotatable bonds is 10. The number of nitrogens with zero attached hydrogens (tertiary/aromatic N) is 4. The van der Waals surface area contributed by atoms with Crippen molar-refractivity contribution in [3.05, 3.63) is 59.9 Å².